The highest BCUT2D eigenvalue weighted by Gasteiger charge is 2.07. The highest BCUT2D eigenvalue weighted by molar-refractivity contribution is 7.80. The van der Waals surface area contributed by atoms with Crippen molar-refractivity contribution < 1.29 is 9.13 Å². The summed E-state index contributed by atoms with van der Waals surface area (Å²) >= 11 is 4.78. The van der Waals surface area contributed by atoms with Gasteiger partial charge in [-0.05, 0) is 31.0 Å². The Balaban J connectivity index is 2.66. The van der Waals surface area contributed by atoms with Crippen molar-refractivity contribution in [2.75, 3.05) is 0 Å². The first-order valence-corrected chi connectivity index (χ1v) is 6.15. The molecule has 1 unspecified atom stereocenters. The molecule has 4 heteroatoms. The maximum atomic E-state index is 13.3. The van der Waals surface area contributed by atoms with E-state index in [9.17, 15) is 4.39 Å². The van der Waals surface area contributed by atoms with Crippen molar-refractivity contribution in [1.29, 1.82) is 0 Å². The molecular formula is C13H18FNOS. The molecule has 94 valence electrons. The van der Waals surface area contributed by atoms with Crippen LogP contribution in [-0.2, 0) is 11.3 Å². The zero-order valence-corrected chi connectivity index (χ0v) is 11.0. The fourth-order valence-electron chi connectivity index (χ4n) is 1.58. The van der Waals surface area contributed by atoms with Crippen LogP contribution in [0, 0.1) is 5.82 Å². The molecule has 0 radical (unpaired) electrons. The van der Waals surface area contributed by atoms with E-state index in [0.29, 0.717) is 6.61 Å². The van der Waals surface area contributed by atoms with Gasteiger partial charge < -0.3 is 10.5 Å². The van der Waals surface area contributed by atoms with E-state index in [1.165, 1.54) is 6.07 Å². The Morgan fingerprint density at radius 3 is 2.82 bits per heavy atom. The number of ether oxygens (including phenoxy) is 1. The number of hydrogen-bond acceptors (Lipinski definition) is 2. The first-order valence-electron chi connectivity index (χ1n) is 5.74. The second-order valence-electron chi connectivity index (χ2n) is 4.09. The number of rotatable bonds is 6. The molecule has 0 amide bonds. The minimum Gasteiger partial charge on any atom is -0.389 e. The Kier molecular flexibility index (Phi) is 5.51. The van der Waals surface area contributed by atoms with Crippen molar-refractivity contribution in [2.24, 2.45) is 5.73 Å². The van der Waals surface area contributed by atoms with Crippen molar-refractivity contribution in [1.82, 2.24) is 0 Å². The van der Waals surface area contributed by atoms with Crippen molar-refractivity contribution in [3.63, 3.8) is 0 Å². The van der Waals surface area contributed by atoms with E-state index in [1.807, 2.05) is 6.92 Å². The molecule has 0 aliphatic carbocycles. The highest BCUT2D eigenvalue weighted by Crippen LogP contribution is 2.13. The Labute approximate surface area is 107 Å². The standard InChI is InChI=1S/C13H18FNOS/c1-3-4-9(2)16-8-10-5-6-12(14)11(7-10)13(15)17/h5-7,9H,3-4,8H2,1-2H3,(H2,15,17). The van der Waals surface area contributed by atoms with Crippen LogP contribution in [0.3, 0.4) is 0 Å². The molecule has 1 atom stereocenters. The molecule has 0 fully saturated rings. The number of halogens is 1. The Morgan fingerprint density at radius 1 is 1.53 bits per heavy atom. The topological polar surface area (TPSA) is 35.2 Å². The van der Waals surface area contributed by atoms with Gasteiger partial charge >= 0.3 is 0 Å². The van der Waals surface area contributed by atoms with Gasteiger partial charge in [-0.15, -0.1) is 0 Å². The quantitative estimate of drug-likeness (QED) is 0.793. The van der Waals surface area contributed by atoms with Gasteiger partial charge in [0, 0.05) is 5.56 Å². The number of benzene rings is 1. The molecular weight excluding hydrogens is 237 g/mol. The first kappa shape index (κ1) is 14.1. The van der Waals surface area contributed by atoms with Crippen LogP contribution < -0.4 is 5.73 Å². The second-order valence-corrected chi connectivity index (χ2v) is 4.53. The maximum absolute atomic E-state index is 13.3. The molecule has 0 aliphatic rings. The van der Waals surface area contributed by atoms with Gasteiger partial charge in [0.25, 0.3) is 0 Å². The molecule has 2 N–H and O–H groups in total. The van der Waals surface area contributed by atoms with Crippen molar-refractivity contribution >= 4 is 17.2 Å². The summed E-state index contributed by atoms with van der Waals surface area (Å²) in [5.41, 5.74) is 6.61. The van der Waals surface area contributed by atoms with Crippen LogP contribution >= 0.6 is 12.2 Å². The lowest BCUT2D eigenvalue weighted by Crippen LogP contribution is -2.13. The monoisotopic (exact) mass is 255 g/mol. The van der Waals surface area contributed by atoms with E-state index >= 15 is 0 Å². The van der Waals surface area contributed by atoms with E-state index in [1.54, 1.807) is 12.1 Å². The zero-order valence-electron chi connectivity index (χ0n) is 10.2. The molecule has 0 saturated heterocycles. The molecule has 0 saturated carbocycles. The molecule has 0 aliphatic heterocycles. The van der Waals surface area contributed by atoms with Gasteiger partial charge in [-0.1, -0.05) is 31.6 Å². The Hall–Kier alpha value is -1.00. The van der Waals surface area contributed by atoms with Gasteiger partial charge in [-0.25, -0.2) is 4.39 Å². The van der Waals surface area contributed by atoms with Crippen molar-refractivity contribution in [2.45, 2.75) is 39.4 Å². The average Bonchev–Trinajstić information content (AvgIpc) is 2.28. The lowest BCUT2D eigenvalue weighted by atomic mass is 10.1. The summed E-state index contributed by atoms with van der Waals surface area (Å²) in [4.78, 5) is 0.0750. The molecule has 1 aromatic carbocycles. The van der Waals surface area contributed by atoms with E-state index in [0.717, 1.165) is 18.4 Å². The lowest BCUT2D eigenvalue weighted by Gasteiger charge is -2.12. The summed E-state index contributed by atoms with van der Waals surface area (Å²) in [6, 6.07) is 4.71. The van der Waals surface area contributed by atoms with Crippen LogP contribution in [0.25, 0.3) is 0 Å². The highest BCUT2D eigenvalue weighted by atomic mass is 32.1. The van der Waals surface area contributed by atoms with Crippen LogP contribution in [0.1, 0.15) is 37.8 Å². The predicted molar refractivity (Wildman–Crippen MR) is 71.4 cm³/mol. The summed E-state index contributed by atoms with van der Waals surface area (Å²) in [5, 5.41) is 0. The van der Waals surface area contributed by atoms with Crippen LogP contribution in [0.4, 0.5) is 4.39 Å². The first-order chi connectivity index (χ1) is 8.04. The number of thiocarbonyl (C=S) groups is 1. The zero-order chi connectivity index (χ0) is 12.8. The van der Waals surface area contributed by atoms with Gasteiger partial charge in [0.15, 0.2) is 0 Å². The summed E-state index contributed by atoms with van der Waals surface area (Å²) in [5.74, 6) is -0.386. The van der Waals surface area contributed by atoms with Crippen LogP contribution in [0.15, 0.2) is 18.2 Å². The lowest BCUT2D eigenvalue weighted by molar-refractivity contribution is 0.0471. The second kappa shape index (κ2) is 6.67. The van der Waals surface area contributed by atoms with Gasteiger partial charge in [-0.3, -0.25) is 0 Å². The summed E-state index contributed by atoms with van der Waals surface area (Å²) in [6.07, 6.45) is 2.31. The Morgan fingerprint density at radius 2 is 2.24 bits per heavy atom. The fourth-order valence-corrected chi connectivity index (χ4v) is 1.74. The van der Waals surface area contributed by atoms with Crippen molar-refractivity contribution in [3.05, 3.63) is 35.1 Å². The van der Waals surface area contributed by atoms with Crippen molar-refractivity contribution in [3.8, 4) is 0 Å². The Bertz CT molecular complexity index is 395. The number of hydrogen-bond donors (Lipinski definition) is 1. The molecule has 17 heavy (non-hydrogen) atoms. The minimum absolute atomic E-state index is 0.0750. The van der Waals surface area contributed by atoms with E-state index in [-0.39, 0.29) is 22.5 Å². The van der Waals surface area contributed by atoms with Gasteiger partial charge in [-0.2, -0.15) is 0 Å². The third-order valence-electron chi connectivity index (χ3n) is 2.53. The predicted octanol–water partition coefficient (Wildman–Crippen LogP) is 3.17. The largest absolute Gasteiger partial charge is 0.389 e. The summed E-state index contributed by atoms with van der Waals surface area (Å²) < 4.78 is 19.0. The summed E-state index contributed by atoms with van der Waals surface area (Å²) in [7, 11) is 0. The molecule has 1 rings (SSSR count). The molecule has 2 nitrogen and oxygen atoms in total. The average molecular weight is 255 g/mol. The molecule has 0 spiro atoms. The number of nitrogens with two attached hydrogens (primary N) is 1. The van der Waals surface area contributed by atoms with E-state index in [4.69, 9.17) is 22.7 Å². The smallest absolute Gasteiger partial charge is 0.133 e. The third kappa shape index (κ3) is 4.40. The van der Waals surface area contributed by atoms with E-state index in [2.05, 4.69) is 6.92 Å². The van der Waals surface area contributed by atoms with E-state index < -0.39 is 0 Å². The fraction of sp³-hybridized carbons (Fsp3) is 0.462. The van der Waals surface area contributed by atoms with Gasteiger partial charge in [0.2, 0.25) is 0 Å². The minimum atomic E-state index is -0.386. The van der Waals surface area contributed by atoms with Crippen LogP contribution in [0.2, 0.25) is 0 Å². The maximum Gasteiger partial charge on any atom is 0.133 e. The molecule has 0 heterocycles. The molecule has 1 aromatic rings. The van der Waals surface area contributed by atoms with Gasteiger partial charge in [0.1, 0.15) is 10.8 Å². The summed E-state index contributed by atoms with van der Waals surface area (Å²) in [6.45, 7) is 4.60. The van der Waals surface area contributed by atoms with Crippen LogP contribution in [-0.4, -0.2) is 11.1 Å². The third-order valence-corrected chi connectivity index (χ3v) is 2.75. The SMILES string of the molecule is CCCC(C)OCc1ccc(F)c(C(N)=S)c1. The normalized spacial score (nSPS) is 12.4. The molecule has 0 bridgehead atoms. The van der Waals surface area contributed by atoms with Gasteiger partial charge in [0.05, 0.1) is 12.7 Å². The van der Waals surface area contributed by atoms with Crippen LogP contribution in [0.5, 0.6) is 0 Å². The molecule has 0 aromatic heterocycles.